The highest BCUT2D eigenvalue weighted by Gasteiger charge is 2.31. The molecule has 2 aliphatic heterocycles. The van der Waals surface area contributed by atoms with Gasteiger partial charge in [-0.05, 0) is 54.1 Å². The summed E-state index contributed by atoms with van der Waals surface area (Å²) >= 11 is 3.02. The standard InChI is InChI=1S/C22H22N4O3S2/c27-21(14-31-22-23-20(24-25-22)8-6-16-3-2-12-30-16)26-9-1-4-17(26)15-5-7-18-19(13-15)29-11-10-28-18/h2-3,5-8,12-13,17H,1,4,9-11,14H2,(H,23,24,25)/b8-6+. The van der Waals surface area contributed by atoms with E-state index in [0.29, 0.717) is 29.9 Å². The maximum atomic E-state index is 12.9. The fourth-order valence-corrected chi connectivity index (χ4v) is 5.14. The van der Waals surface area contributed by atoms with Gasteiger partial charge in [-0.15, -0.1) is 16.4 Å². The number of aromatic amines is 1. The predicted octanol–water partition coefficient (Wildman–Crippen LogP) is 4.26. The molecule has 1 atom stereocenters. The molecule has 1 saturated heterocycles. The number of carbonyl (C=O) groups excluding carboxylic acids is 1. The van der Waals surface area contributed by atoms with Crippen molar-refractivity contribution in [3.05, 3.63) is 52.0 Å². The lowest BCUT2D eigenvalue weighted by Gasteiger charge is -2.26. The average molecular weight is 455 g/mol. The molecule has 31 heavy (non-hydrogen) atoms. The first kappa shape index (κ1) is 20.1. The van der Waals surface area contributed by atoms with Gasteiger partial charge in [-0.3, -0.25) is 9.89 Å². The van der Waals surface area contributed by atoms with Crippen molar-refractivity contribution in [1.82, 2.24) is 20.1 Å². The maximum absolute atomic E-state index is 12.9. The number of hydrogen-bond acceptors (Lipinski definition) is 7. The molecular weight excluding hydrogens is 432 g/mol. The predicted molar refractivity (Wildman–Crippen MR) is 121 cm³/mol. The summed E-state index contributed by atoms with van der Waals surface area (Å²) in [4.78, 5) is 20.5. The Balaban J connectivity index is 1.20. The van der Waals surface area contributed by atoms with Gasteiger partial charge in [-0.2, -0.15) is 0 Å². The molecule has 1 fully saturated rings. The number of benzene rings is 1. The van der Waals surface area contributed by atoms with Gasteiger partial charge in [-0.25, -0.2) is 4.98 Å². The van der Waals surface area contributed by atoms with E-state index < -0.39 is 0 Å². The van der Waals surface area contributed by atoms with Crippen molar-refractivity contribution in [2.24, 2.45) is 0 Å². The van der Waals surface area contributed by atoms with Crippen LogP contribution >= 0.6 is 23.1 Å². The van der Waals surface area contributed by atoms with Crippen LogP contribution in [0.4, 0.5) is 0 Å². The van der Waals surface area contributed by atoms with E-state index in [1.54, 1.807) is 11.3 Å². The molecule has 0 aliphatic carbocycles. The summed E-state index contributed by atoms with van der Waals surface area (Å²) in [5, 5.41) is 9.74. The van der Waals surface area contributed by atoms with Crippen LogP contribution in [0.25, 0.3) is 12.2 Å². The molecule has 9 heteroatoms. The summed E-state index contributed by atoms with van der Waals surface area (Å²) in [6, 6.07) is 10.1. The Hall–Kier alpha value is -2.78. The van der Waals surface area contributed by atoms with Gasteiger partial charge in [0.2, 0.25) is 11.1 Å². The van der Waals surface area contributed by atoms with Gasteiger partial charge in [0, 0.05) is 11.4 Å². The molecular formula is C22H22N4O3S2. The summed E-state index contributed by atoms with van der Waals surface area (Å²) in [5.74, 6) is 2.63. The first-order chi connectivity index (χ1) is 15.3. The second-order valence-electron chi connectivity index (χ2n) is 7.29. The Morgan fingerprint density at radius 2 is 2.16 bits per heavy atom. The minimum Gasteiger partial charge on any atom is -0.486 e. The molecule has 7 nitrogen and oxygen atoms in total. The summed E-state index contributed by atoms with van der Waals surface area (Å²) in [6.45, 7) is 1.90. The number of likely N-dealkylation sites (tertiary alicyclic amines) is 1. The van der Waals surface area contributed by atoms with Crippen LogP contribution in [-0.2, 0) is 4.79 Å². The van der Waals surface area contributed by atoms with E-state index in [-0.39, 0.29) is 11.9 Å². The molecule has 1 unspecified atom stereocenters. The minimum atomic E-state index is 0.0698. The smallest absolute Gasteiger partial charge is 0.233 e. The van der Waals surface area contributed by atoms with Crippen LogP contribution in [0.3, 0.4) is 0 Å². The fraction of sp³-hybridized carbons (Fsp3) is 0.318. The lowest BCUT2D eigenvalue weighted by atomic mass is 10.0. The number of nitrogens with one attached hydrogen (secondary N) is 1. The SMILES string of the molecule is O=C(CSc1n[nH]c(/C=C/c2cccs2)n1)N1CCCC1c1ccc2c(c1)OCCO2. The summed E-state index contributed by atoms with van der Waals surface area (Å²) in [6.07, 6.45) is 5.83. The highest BCUT2D eigenvalue weighted by molar-refractivity contribution is 7.99. The lowest BCUT2D eigenvalue weighted by Crippen LogP contribution is -2.32. The number of fused-ring (bicyclic) bond motifs is 1. The van der Waals surface area contributed by atoms with Crippen LogP contribution in [-0.4, -0.2) is 51.5 Å². The van der Waals surface area contributed by atoms with Gasteiger partial charge in [0.15, 0.2) is 11.5 Å². The van der Waals surface area contributed by atoms with Crippen molar-refractivity contribution in [3.63, 3.8) is 0 Å². The van der Waals surface area contributed by atoms with Crippen molar-refractivity contribution >= 4 is 41.2 Å². The molecule has 1 amide bonds. The zero-order valence-electron chi connectivity index (χ0n) is 16.8. The first-order valence-electron chi connectivity index (χ1n) is 10.2. The van der Waals surface area contributed by atoms with E-state index in [1.807, 2.05) is 52.8 Å². The van der Waals surface area contributed by atoms with Crippen LogP contribution in [0.2, 0.25) is 0 Å². The largest absolute Gasteiger partial charge is 0.486 e. The van der Waals surface area contributed by atoms with Crippen molar-refractivity contribution in [2.75, 3.05) is 25.5 Å². The van der Waals surface area contributed by atoms with Crippen LogP contribution in [0.1, 0.15) is 35.1 Å². The second-order valence-corrected chi connectivity index (χ2v) is 9.21. The van der Waals surface area contributed by atoms with E-state index in [1.165, 1.54) is 11.8 Å². The number of nitrogens with zero attached hydrogens (tertiary/aromatic N) is 3. The number of carbonyl (C=O) groups is 1. The minimum absolute atomic E-state index is 0.0698. The molecule has 0 saturated carbocycles. The van der Waals surface area contributed by atoms with Crippen LogP contribution < -0.4 is 9.47 Å². The Labute approximate surface area is 188 Å². The van der Waals surface area contributed by atoms with Gasteiger partial charge in [0.25, 0.3) is 0 Å². The van der Waals surface area contributed by atoms with Gasteiger partial charge < -0.3 is 14.4 Å². The molecule has 3 aromatic rings. The molecule has 0 radical (unpaired) electrons. The number of H-pyrrole nitrogens is 1. The van der Waals surface area contributed by atoms with Crippen LogP contribution in [0.15, 0.2) is 40.9 Å². The second kappa shape index (κ2) is 9.15. The highest BCUT2D eigenvalue weighted by atomic mass is 32.2. The summed E-state index contributed by atoms with van der Waals surface area (Å²) in [7, 11) is 0. The quantitative estimate of drug-likeness (QED) is 0.561. The molecule has 0 spiro atoms. The number of hydrogen-bond donors (Lipinski definition) is 1. The lowest BCUT2D eigenvalue weighted by molar-refractivity contribution is -0.129. The Bertz CT molecular complexity index is 1080. The number of amides is 1. The monoisotopic (exact) mass is 454 g/mol. The van der Waals surface area contributed by atoms with Crippen molar-refractivity contribution < 1.29 is 14.3 Å². The van der Waals surface area contributed by atoms with Gasteiger partial charge >= 0.3 is 0 Å². The van der Waals surface area contributed by atoms with Gasteiger partial charge in [-0.1, -0.05) is 23.9 Å². The molecule has 2 aromatic heterocycles. The molecule has 5 rings (SSSR count). The van der Waals surface area contributed by atoms with Crippen molar-refractivity contribution in [2.45, 2.75) is 24.0 Å². The van der Waals surface area contributed by atoms with Crippen molar-refractivity contribution in [3.8, 4) is 11.5 Å². The number of thiophene rings is 1. The maximum Gasteiger partial charge on any atom is 0.233 e. The molecule has 1 aromatic carbocycles. The van der Waals surface area contributed by atoms with Gasteiger partial charge in [0.05, 0.1) is 11.8 Å². The molecule has 2 aliphatic rings. The number of aromatic nitrogens is 3. The molecule has 1 N–H and O–H groups in total. The molecule has 0 bridgehead atoms. The molecule has 160 valence electrons. The van der Waals surface area contributed by atoms with E-state index in [0.717, 1.165) is 41.3 Å². The van der Waals surface area contributed by atoms with Gasteiger partial charge in [0.1, 0.15) is 19.0 Å². The van der Waals surface area contributed by atoms with Crippen LogP contribution in [0, 0.1) is 0 Å². The van der Waals surface area contributed by atoms with E-state index in [4.69, 9.17) is 9.47 Å². The third-order valence-corrected chi connectivity index (χ3v) is 6.95. The fourth-order valence-electron chi connectivity index (χ4n) is 3.83. The number of rotatable bonds is 6. The summed E-state index contributed by atoms with van der Waals surface area (Å²) < 4.78 is 11.3. The zero-order valence-corrected chi connectivity index (χ0v) is 18.5. The topological polar surface area (TPSA) is 80.3 Å². The van der Waals surface area contributed by atoms with Crippen LogP contribution in [0.5, 0.6) is 11.5 Å². The Morgan fingerprint density at radius 1 is 1.26 bits per heavy atom. The number of thioether (sulfide) groups is 1. The average Bonchev–Trinajstić information content (AvgIpc) is 3.57. The van der Waals surface area contributed by atoms with E-state index >= 15 is 0 Å². The first-order valence-corrected chi connectivity index (χ1v) is 12.1. The third kappa shape index (κ3) is 4.62. The van der Waals surface area contributed by atoms with Crippen molar-refractivity contribution in [1.29, 1.82) is 0 Å². The molecule has 4 heterocycles. The number of ether oxygens (including phenoxy) is 2. The normalized spacial score (nSPS) is 18.1. The third-order valence-electron chi connectivity index (χ3n) is 5.28. The summed E-state index contributed by atoms with van der Waals surface area (Å²) in [5.41, 5.74) is 1.10. The van der Waals surface area contributed by atoms with E-state index in [9.17, 15) is 4.79 Å². The Kier molecular flexibility index (Phi) is 5.95. The highest BCUT2D eigenvalue weighted by Crippen LogP contribution is 2.38. The zero-order chi connectivity index (χ0) is 21.0. The Morgan fingerprint density at radius 3 is 3.03 bits per heavy atom. The van der Waals surface area contributed by atoms with E-state index in [2.05, 4.69) is 15.2 Å².